The van der Waals surface area contributed by atoms with E-state index in [2.05, 4.69) is 5.32 Å². The first kappa shape index (κ1) is 16.5. The summed E-state index contributed by atoms with van der Waals surface area (Å²) >= 11 is 0. The van der Waals surface area contributed by atoms with Crippen molar-refractivity contribution < 1.29 is 24.2 Å². The number of hydrogen-bond donors (Lipinski definition) is 2. The van der Waals surface area contributed by atoms with Crippen LogP contribution in [-0.4, -0.2) is 43.3 Å². The number of aliphatic carboxylic acids is 1. The average Bonchev–Trinajstić information content (AvgIpc) is 2.49. The minimum absolute atomic E-state index is 0.159. The van der Waals surface area contributed by atoms with Crippen molar-refractivity contribution in [2.24, 2.45) is 0 Å². The smallest absolute Gasteiger partial charge is 0.326 e. The maximum absolute atomic E-state index is 11.7. The van der Waals surface area contributed by atoms with Gasteiger partial charge >= 0.3 is 5.97 Å². The molecule has 1 aromatic carbocycles. The maximum Gasteiger partial charge on any atom is 0.326 e. The standard InChI is InChI=1S/C14H16N2O5/c1-20-7-6-11(14(18)19)16-13(17)9-21-12-5-3-2-4-10(12)8-15/h2-5,11H,6-7,9H2,1H3,(H,16,17)(H,18,19). The van der Waals surface area contributed by atoms with Crippen LogP contribution in [0.15, 0.2) is 24.3 Å². The molecule has 0 aromatic heterocycles. The topological polar surface area (TPSA) is 109 Å². The first-order valence-electron chi connectivity index (χ1n) is 6.21. The van der Waals surface area contributed by atoms with E-state index in [4.69, 9.17) is 19.8 Å². The molecule has 21 heavy (non-hydrogen) atoms. The minimum atomic E-state index is -1.14. The van der Waals surface area contributed by atoms with Crippen LogP contribution >= 0.6 is 0 Å². The van der Waals surface area contributed by atoms with Crippen LogP contribution in [0.2, 0.25) is 0 Å². The Morgan fingerprint density at radius 1 is 1.43 bits per heavy atom. The quantitative estimate of drug-likeness (QED) is 0.724. The Balaban J connectivity index is 2.53. The molecular weight excluding hydrogens is 276 g/mol. The van der Waals surface area contributed by atoms with Crippen LogP contribution in [0.4, 0.5) is 0 Å². The number of carboxylic acids is 1. The molecule has 1 amide bonds. The number of nitriles is 1. The molecule has 0 saturated carbocycles. The van der Waals surface area contributed by atoms with Crippen molar-refractivity contribution in [3.63, 3.8) is 0 Å². The highest BCUT2D eigenvalue weighted by molar-refractivity contribution is 5.84. The average molecular weight is 292 g/mol. The second kappa shape index (κ2) is 8.55. The lowest BCUT2D eigenvalue weighted by atomic mass is 10.2. The number of carbonyl (C=O) groups is 2. The molecule has 2 N–H and O–H groups in total. The predicted molar refractivity (Wildman–Crippen MR) is 72.7 cm³/mol. The number of hydrogen-bond acceptors (Lipinski definition) is 5. The molecule has 1 aromatic rings. The molecule has 1 unspecified atom stereocenters. The van der Waals surface area contributed by atoms with Gasteiger partial charge in [0, 0.05) is 20.1 Å². The van der Waals surface area contributed by atoms with Gasteiger partial charge in [-0.05, 0) is 12.1 Å². The van der Waals surface area contributed by atoms with Gasteiger partial charge in [-0.2, -0.15) is 5.26 Å². The number of para-hydroxylation sites is 1. The highest BCUT2D eigenvalue weighted by Crippen LogP contribution is 2.16. The van der Waals surface area contributed by atoms with Gasteiger partial charge in [-0.3, -0.25) is 4.79 Å². The van der Waals surface area contributed by atoms with Crippen molar-refractivity contribution >= 4 is 11.9 Å². The van der Waals surface area contributed by atoms with Crippen molar-refractivity contribution in [2.45, 2.75) is 12.5 Å². The van der Waals surface area contributed by atoms with E-state index in [0.717, 1.165) is 0 Å². The van der Waals surface area contributed by atoms with Gasteiger partial charge < -0.3 is 19.9 Å². The lowest BCUT2D eigenvalue weighted by Crippen LogP contribution is -2.43. The van der Waals surface area contributed by atoms with E-state index in [0.29, 0.717) is 5.56 Å². The van der Waals surface area contributed by atoms with Crippen LogP contribution in [0.3, 0.4) is 0 Å². The third-order valence-electron chi connectivity index (χ3n) is 2.61. The molecule has 7 heteroatoms. The van der Waals surface area contributed by atoms with Gasteiger partial charge in [0.25, 0.3) is 5.91 Å². The summed E-state index contributed by atoms with van der Waals surface area (Å²) in [5, 5.41) is 20.2. The van der Waals surface area contributed by atoms with E-state index in [1.165, 1.54) is 7.11 Å². The molecule has 112 valence electrons. The molecule has 1 rings (SSSR count). The fourth-order valence-corrected chi connectivity index (χ4v) is 1.56. The lowest BCUT2D eigenvalue weighted by molar-refractivity contribution is -0.142. The summed E-state index contributed by atoms with van der Waals surface area (Å²) in [7, 11) is 1.45. The first-order chi connectivity index (χ1) is 10.1. The number of rotatable bonds is 8. The lowest BCUT2D eigenvalue weighted by Gasteiger charge is -2.14. The fourth-order valence-electron chi connectivity index (χ4n) is 1.56. The van der Waals surface area contributed by atoms with Crippen LogP contribution < -0.4 is 10.1 Å². The molecule has 1 atom stereocenters. The Morgan fingerprint density at radius 3 is 2.76 bits per heavy atom. The summed E-state index contributed by atoms with van der Waals surface area (Å²) in [5.41, 5.74) is 0.305. The maximum atomic E-state index is 11.7. The van der Waals surface area contributed by atoms with Crippen LogP contribution in [0.5, 0.6) is 5.75 Å². The zero-order valence-corrected chi connectivity index (χ0v) is 11.5. The second-order valence-corrected chi connectivity index (χ2v) is 4.14. The number of nitrogens with zero attached hydrogens (tertiary/aromatic N) is 1. The third-order valence-corrected chi connectivity index (χ3v) is 2.61. The molecule has 0 spiro atoms. The van der Waals surface area contributed by atoms with Gasteiger partial charge in [0.05, 0.1) is 5.56 Å². The third kappa shape index (κ3) is 5.50. The van der Waals surface area contributed by atoms with Gasteiger partial charge in [0.2, 0.25) is 0 Å². The van der Waals surface area contributed by atoms with Crippen molar-refractivity contribution in [3.8, 4) is 11.8 Å². The van der Waals surface area contributed by atoms with Crippen molar-refractivity contribution in [2.75, 3.05) is 20.3 Å². The number of benzene rings is 1. The summed E-state index contributed by atoms with van der Waals surface area (Å²) < 4.78 is 10.00. The number of methoxy groups -OCH3 is 1. The van der Waals surface area contributed by atoms with E-state index in [-0.39, 0.29) is 25.4 Å². The Bertz CT molecular complexity index is 538. The number of ether oxygens (including phenoxy) is 2. The van der Waals surface area contributed by atoms with Crippen molar-refractivity contribution in [1.29, 1.82) is 5.26 Å². The molecule has 0 saturated heterocycles. The van der Waals surface area contributed by atoms with E-state index in [1.54, 1.807) is 24.3 Å². The molecule has 0 fully saturated rings. The highest BCUT2D eigenvalue weighted by atomic mass is 16.5. The van der Waals surface area contributed by atoms with Crippen molar-refractivity contribution in [1.82, 2.24) is 5.32 Å². The SMILES string of the molecule is COCCC(NC(=O)COc1ccccc1C#N)C(=O)O. The summed E-state index contributed by atoms with van der Waals surface area (Å²) in [6.45, 7) is -0.148. The molecular formula is C14H16N2O5. The molecule has 0 aliphatic carbocycles. The fraction of sp³-hybridized carbons (Fsp3) is 0.357. The largest absolute Gasteiger partial charge is 0.482 e. The Morgan fingerprint density at radius 2 is 2.14 bits per heavy atom. The summed E-state index contributed by atoms with van der Waals surface area (Å²) in [4.78, 5) is 22.6. The molecule has 0 aliphatic heterocycles. The second-order valence-electron chi connectivity index (χ2n) is 4.14. The van der Waals surface area contributed by atoms with Gasteiger partial charge in [-0.25, -0.2) is 4.79 Å². The molecule has 0 bridgehead atoms. The highest BCUT2D eigenvalue weighted by Gasteiger charge is 2.19. The zero-order chi connectivity index (χ0) is 15.7. The zero-order valence-electron chi connectivity index (χ0n) is 11.5. The van der Waals surface area contributed by atoms with Crippen molar-refractivity contribution in [3.05, 3.63) is 29.8 Å². The van der Waals surface area contributed by atoms with Gasteiger partial charge in [-0.15, -0.1) is 0 Å². The monoisotopic (exact) mass is 292 g/mol. The Labute approximate surface area is 122 Å². The van der Waals surface area contributed by atoms with Gasteiger partial charge in [-0.1, -0.05) is 12.1 Å². The first-order valence-corrected chi connectivity index (χ1v) is 6.21. The van der Waals surface area contributed by atoms with Crippen LogP contribution in [-0.2, 0) is 14.3 Å². The number of carboxylic acid groups (broad SMARTS) is 1. The Kier molecular flexibility index (Phi) is 6.71. The summed E-state index contributed by atoms with van der Waals surface area (Å²) in [5.74, 6) is -1.44. The van der Waals surface area contributed by atoms with E-state index >= 15 is 0 Å². The number of nitrogens with one attached hydrogen (secondary N) is 1. The van der Waals surface area contributed by atoms with Gasteiger partial charge in [0.15, 0.2) is 6.61 Å². The molecule has 0 radical (unpaired) electrons. The summed E-state index contributed by atoms with van der Waals surface area (Å²) in [6.07, 6.45) is 0.159. The van der Waals surface area contributed by atoms with E-state index in [1.807, 2.05) is 6.07 Å². The van der Waals surface area contributed by atoms with E-state index < -0.39 is 17.9 Å². The number of carbonyl (C=O) groups excluding carboxylic acids is 1. The summed E-state index contributed by atoms with van der Waals surface area (Å²) in [6, 6.07) is 7.38. The molecule has 0 aliphatic rings. The van der Waals surface area contributed by atoms with Crippen LogP contribution in [0.1, 0.15) is 12.0 Å². The van der Waals surface area contributed by atoms with Gasteiger partial charge in [0.1, 0.15) is 17.9 Å². The van der Waals surface area contributed by atoms with Crippen LogP contribution in [0, 0.1) is 11.3 Å². The Hall–Kier alpha value is -2.59. The minimum Gasteiger partial charge on any atom is -0.482 e. The number of amides is 1. The predicted octanol–water partition coefficient (Wildman–Crippen LogP) is 0.543. The van der Waals surface area contributed by atoms with Crippen LogP contribution in [0.25, 0.3) is 0 Å². The normalized spacial score (nSPS) is 11.2. The molecule has 7 nitrogen and oxygen atoms in total. The van der Waals surface area contributed by atoms with E-state index in [9.17, 15) is 9.59 Å². The molecule has 0 heterocycles.